The molecule has 0 aliphatic carbocycles. The van der Waals surface area contributed by atoms with Gasteiger partial charge in [0, 0.05) is 23.1 Å². The highest BCUT2D eigenvalue weighted by Gasteiger charge is 1.99. The van der Waals surface area contributed by atoms with Crippen molar-refractivity contribution in [3.63, 3.8) is 0 Å². The van der Waals surface area contributed by atoms with Gasteiger partial charge >= 0.3 is 0 Å². The molecule has 0 spiro atoms. The quantitative estimate of drug-likeness (QED) is 0.835. The van der Waals surface area contributed by atoms with E-state index in [4.69, 9.17) is 4.74 Å². The molecule has 0 radical (unpaired) electrons. The van der Waals surface area contributed by atoms with E-state index in [2.05, 4.69) is 35.1 Å². The van der Waals surface area contributed by atoms with Crippen LogP contribution in [-0.4, -0.2) is 19.2 Å². The first-order chi connectivity index (χ1) is 7.08. The van der Waals surface area contributed by atoms with Crippen LogP contribution in [-0.2, 0) is 0 Å². The summed E-state index contributed by atoms with van der Waals surface area (Å²) < 4.78 is 19.0. The summed E-state index contributed by atoms with van der Waals surface area (Å²) in [6.07, 6.45) is 0. The smallest absolute Gasteiger partial charge is 0.128 e. The molecule has 1 rings (SSSR count). The van der Waals surface area contributed by atoms with Crippen molar-refractivity contribution in [1.29, 1.82) is 0 Å². The molecule has 15 heavy (non-hydrogen) atoms. The van der Waals surface area contributed by atoms with Gasteiger partial charge in [-0.15, -0.1) is 0 Å². The molecule has 0 unspecified atom stereocenters. The summed E-state index contributed by atoms with van der Waals surface area (Å²) in [4.78, 5) is 0. The average Bonchev–Trinajstić information content (AvgIpc) is 2.10. The minimum absolute atomic E-state index is 0.295. The molecule has 1 aromatic rings. The average molecular weight is 276 g/mol. The van der Waals surface area contributed by atoms with Crippen LogP contribution in [0.25, 0.3) is 0 Å². The molecule has 0 aliphatic heterocycles. The maximum atomic E-state index is 12.9. The molecule has 0 saturated carbocycles. The van der Waals surface area contributed by atoms with Crippen molar-refractivity contribution in [2.45, 2.75) is 19.9 Å². The van der Waals surface area contributed by atoms with E-state index in [0.29, 0.717) is 22.9 Å². The summed E-state index contributed by atoms with van der Waals surface area (Å²) in [5.74, 6) is 0.253. The summed E-state index contributed by atoms with van der Waals surface area (Å²) in [5.41, 5.74) is 0. The Labute approximate surface area is 98.0 Å². The Hall–Kier alpha value is -0.610. The summed E-state index contributed by atoms with van der Waals surface area (Å²) >= 11 is 3.21. The second kappa shape index (κ2) is 6.08. The minimum atomic E-state index is -0.295. The van der Waals surface area contributed by atoms with Gasteiger partial charge in [-0.2, -0.15) is 0 Å². The van der Waals surface area contributed by atoms with Crippen LogP contribution in [0.5, 0.6) is 5.75 Å². The van der Waals surface area contributed by atoms with Gasteiger partial charge in [0.05, 0.1) is 0 Å². The molecule has 84 valence electrons. The second-order valence-corrected chi connectivity index (χ2v) is 4.48. The number of nitrogens with one attached hydrogen (secondary N) is 1. The van der Waals surface area contributed by atoms with E-state index in [1.807, 2.05) is 0 Å². The van der Waals surface area contributed by atoms with E-state index in [1.54, 1.807) is 6.07 Å². The third-order valence-electron chi connectivity index (χ3n) is 1.76. The van der Waals surface area contributed by atoms with Crippen molar-refractivity contribution in [3.8, 4) is 5.75 Å². The van der Waals surface area contributed by atoms with Gasteiger partial charge in [0.25, 0.3) is 0 Å². The molecule has 0 aromatic heterocycles. The van der Waals surface area contributed by atoms with Gasteiger partial charge in [0.1, 0.15) is 18.2 Å². The van der Waals surface area contributed by atoms with Crippen molar-refractivity contribution in [2.24, 2.45) is 0 Å². The molecular formula is C11H15BrFNO. The van der Waals surface area contributed by atoms with Crippen molar-refractivity contribution < 1.29 is 9.13 Å². The monoisotopic (exact) mass is 275 g/mol. The van der Waals surface area contributed by atoms with E-state index >= 15 is 0 Å². The lowest BCUT2D eigenvalue weighted by Gasteiger charge is -2.09. The van der Waals surface area contributed by atoms with E-state index in [9.17, 15) is 4.39 Å². The molecule has 0 atom stereocenters. The largest absolute Gasteiger partial charge is 0.492 e. The Balaban J connectivity index is 2.37. The highest BCUT2D eigenvalue weighted by molar-refractivity contribution is 9.10. The lowest BCUT2D eigenvalue weighted by molar-refractivity contribution is 0.307. The Morgan fingerprint density at radius 2 is 2.13 bits per heavy atom. The highest BCUT2D eigenvalue weighted by atomic mass is 79.9. The van der Waals surface area contributed by atoms with Crippen LogP contribution in [0.3, 0.4) is 0 Å². The molecule has 0 amide bonds. The number of halogens is 2. The molecule has 0 fully saturated rings. The lowest BCUT2D eigenvalue weighted by atomic mass is 10.3. The molecule has 1 N–H and O–H groups in total. The summed E-state index contributed by atoms with van der Waals surface area (Å²) in [6, 6.07) is 4.96. The van der Waals surface area contributed by atoms with Crippen molar-refractivity contribution in [2.75, 3.05) is 13.2 Å². The van der Waals surface area contributed by atoms with E-state index in [-0.39, 0.29) is 5.82 Å². The zero-order valence-corrected chi connectivity index (χ0v) is 10.5. The maximum absolute atomic E-state index is 12.9. The number of benzene rings is 1. The number of rotatable bonds is 5. The van der Waals surface area contributed by atoms with Crippen LogP contribution in [0.2, 0.25) is 0 Å². The molecule has 4 heteroatoms. The van der Waals surface area contributed by atoms with Crippen LogP contribution in [0.15, 0.2) is 22.7 Å². The van der Waals surface area contributed by atoms with Gasteiger partial charge in [0.15, 0.2) is 0 Å². The van der Waals surface area contributed by atoms with Crippen molar-refractivity contribution in [3.05, 3.63) is 28.5 Å². The predicted octanol–water partition coefficient (Wildman–Crippen LogP) is 2.97. The Bertz CT molecular complexity index is 297. The first-order valence-electron chi connectivity index (χ1n) is 4.90. The van der Waals surface area contributed by atoms with Crippen molar-refractivity contribution in [1.82, 2.24) is 5.32 Å². The van der Waals surface area contributed by atoms with Gasteiger partial charge in [-0.05, 0) is 12.1 Å². The molecule has 0 saturated heterocycles. The Morgan fingerprint density at radius 1 is 1.40 bits per heavy atom. The number of ether oxygens (including phenoxy) is 1. The normalized spacial score (nSPS) is 10.7. The molecule has 0 heterocycles. The maximum Gasteiger partial charge on any atom is 0.128 e. The van der Waals surface area contributed by atoms with Gasteiger partial charge in [-0.1, -0.05) is 29.8 Å². The zero-order valence-electron chi connectivity index (χ0n) is 8.89. The van der Waals surface area contributed by atoms with Gasteiger partial charge < -0.3 is 10.1 Å². The third kappa shape index (κ3) is 5.14. The standard InChI is InChI=1S/C11H15BrFNO/c1-8(2)14-3-4-15-11-6-9(12)5-10(13)7-11/h5-8,14H,3-4H2,1-2H3. The fourth-order valence-corrected chi connectivity index (χ4v) is 1.57. The first-order valence-corrected chi connectivity index (χ1v) is 5.69. The fourth-order valence-electron chi connectivity index (χ4n) is 1.13. The van der Waals surface area contributed by atoms with Gasteiger partial charge in [-0.3, -0.25) is 0 Å². The van der Waals surface area contributed by atoms with Crippen LogP contribution >= 0.6 is 15.9 Å². The van der Waals surface area contributed by atoms with E-state index in [0.717, 1.165) is 6.54 Å². The first kappa shape index (κ1) is 12.5. The molecule has 0 bridgehead atoms. The summed E-state index contributed by atoms with van der Waals surface area (Å²) in [7, 11) is 0. The molecule has 2 nitrogen and oxygen atoms in total. The van der Waals surface area contributed by atoms with Gasteiger partial charge in [0.2, 0.25) is 0 Å². The minimum Gasteiger partial charge on any atom is -0.492 e. The topological polar surface area (TPSA) is 21.3 Å². The Morgan fingerprint density at radius 3 is 2.73 bits per heavy atom. The number of hydrogen-bond donors (Lipinski definition) is 1. The van der Waals surface area contributed by atoms with E-state index < -0.39 is 0 Å². The number of hydrogen-bond acceptors (Lipinski definition) is 2. The highest BCUT2D eigenvalue weighted by Crippen LogP contribution is 2.20. The Kier molecular flexibility index (Phi) is 5.05. The lowest BCUT2D eigenvalue weighted by Crippen LogP contribution is -2.27. The second-order valence-electron chi connectivity index (χ2n) is 3.56. The summed E-state index contributed by atoms with van der Waals surface area (Å²) in [6.45, 7) is 5.43. The van der Waals surface area contributed by atoms with Gasteiger partial charge in [-0.25, -0.2) is 4.39 Å². The van der Waals surface area contributed by atoms with Crippen LogP contribution in [0.4, 0.5) is 4.39 Å². The summed E-state index contributed by atoms with van der Waals surface area (Å²) in [5, 5.41) is 3.21. The molecular weight excluding hydrogens is 261 g/mol. The predicted molar refractivity (Wildman–Crippen MR) is 62.7 cm³/mol. The molecule has 1 aromatic carbocycles. The fraction of sp³-hybridized carbons (Fsp3) is 0.455. The SMILES string of the molecule is CC(C)NCCOc1cc(F)cc(Br)c1. The van der Waals surface area contributed by atoms with Crippen LogP contribution < -0.4 is 10.1 Å². The van der Waals surface area contributed by atoms with E-state index in [1.165, 1.54) is 12.1 Å². The van der Waals surface area contributed by atoms with Crippen LogP contribution in [0.1, 0.15) is 13.8 Å². The van der Waals surface area contributed by atoms with Crippen LogP contribution in [0, 0.1) is 5.82 Å². The third-order valence-corrected chi connectivity index (χ3v) is 2.22. The zero-order chi connectivity index (χ0) is 11.3. The van der Waals surface area contributed by atoms with Crippen molar-refractivity contribution >= 4 is 15.9 Å². The molecule has 0 aliphatic rings.